The average Bonchev–Trinajstić information content (AvgIpc) is 2.91. The van der Waals surface area contributed by atoms with E-state index < -0.39 is 34.0 Å². The van der Waals surface area contributed by atoms with Crippen LogP contribution in [0.15, 0.2) is 18.2 Å². The van der Waals surface area contributed by atoms with Gasteiger partial charge in [-0.05, 0) is 62.6 Å². The molecule has 2 fully saturated rings. The van der Waals surface area contributed by atoms with Gasteiger partial charge >= 0.3 is 6.03 Å². The van der Waals surface area contributed by atoms with Crippen LogP contribution in [-0.2, 0) is 19.6 Å². The maximum atomic E-state index is 12.9. The molecule has 2 aliphatic rings. The van der Waals surface area contributed by atoms with Crippen molar-refractivity contribution in [2.75, 3.05) is 22.3 Å². The summed E-state index contributed by atoms with van der Waals surface area (Å²) in [6, 6.07) is 4.33. The summed E-state index contributed by atoms with van der Waals surface area (Å²) < 4.78 is 26.7. The number of sulfonamides is 1. The number of benzene rings is 1. The van der Waals surface area contributed by atoms with Gasteiger partial charge in [0.2, 0.25) is 15.9 Å². The van der Waals surface area contributed by atoms with Crippen LogP contribution in [0, 0.1) is 12.8 Å². The topological polar surface area (TPSA) is 125 Å². The average molecular weight is 451 g/mol. The Morgan fingerprint density at radius 1 is 1.23 bits per heavy atom. The molecule has 1 aliphatic heterocycles. The number of nitrogens with one attached hydrogen (secondary N) is 3. The van der Waals surface area contributed by atoms with Crippen molar-refractivity contribution in [3.05, 3.63) is 23.8 Å². The van der Waals surface area contributed by atoms with Crippen LogP contribution in [-0.4, -0.2) is 49.0 Å². The molecule has 1 spiro atoms. The lowest BCUT2D eigenvalue weighted by molar-refractivity contribution is -0.135. The van der Waals surface area contributed by atoms with Crippen LogP contribution in [0.2, 0.25) is 0 Å². The molecule has 1 saturated carbocycles. The maximum Gasteiger partial charge on any atom is 0.325 e. The number of amides is 4. The Morgan fingerprint density at radius 3 is 2.52 bits per heavy atom. The third kappa shape index (κ3) is 5.00. The van der Waals surface area contributed by atoms with E-state index in [1.807, 2.05) is 0 Å². The van der Waals surface area contributed by atoms with Gasteiger partial charge < -0.3 is 10.6 Å². The highest BCUT2D eigenvalue weighted by Gasteiger charge is 2.52. The lowest BCUT2D eigenvalue weighted by Crippen LogP contribution is -2.49. The van der Waals surface area contributed by atoms with Crippen LogP contribution in [0.1, 0.15) is 51.5 Å². The Balaban J connectivity index is 1.68. The van der Waals surface area contributed by atoms with Crippen molar-refractivity contribution >= 4 is 39.2 Å². The first-order valence-electron chi connectivity index (χ1n) is 10.6. The van der Waals surface area contributed by atoms with Gasteiger partial charge in [0.05, 0.1) is 11.4 Å². The Bertz CT molecular complexity index is 983. The number of carbonyl (C=O) groups excluding carboxylic acids is 3. The lowest BCUT2D eigenvalue weighted by Gasteiger charge is -2.33. The van der Waals surface area contributed by atoms with Gasteiger partial charge in [0.15, 0.2) is 0 Å². The molecule has 1 heterocycles. The van der Waals surface area contributed by atoms with E-state index in [1.54, 1.807) is 32.0 Å². The fourth-order valence-corrected chi connectivity index (χ4v) is 5.31. The molecule has 3 N–H and O–H groups in total. The van der Waals surface area contributed by atoms with Crippen molar-refractivity contribution in [1.29, 1.82) is 0 Å². The molecule has 31 heavy (non-hydrogen) atoms. The Kier molecular flexibility index (Phi) is 6.59. The van der Waals surface area contributed by atoms with E-state index in [2.05, 4.69) is 22.3 Å². The zero-order valence-electron chi connectivity index (χ0n) is 18.2. The van der Waals surface area contributed by atoms with Crippen molar-refractivity contribution in [3.63, 3.8) is 0 Å². The van der Waals surface area contributed by atoms with E-state index in [9.17, 15) is 22.8 Å². The van der Waals surface area contributed by atoms with Gasteiger partial charge in [-0.15, -0.1) is 0 Å². The Labute approximate surface area is 183 Å². The third-order valence-corrected chi connectivity index (χ3v) is 7.50. The number of imide groups is 1. The fourth-order valence-electron chi connectivity index (χ4n) is 4.12. The van der Waals surface area contributed by atoms with Gasteiger partial charge in [-0.1, -0.05) is 19.9 Å². The third-order valence-electron chi connectivity index (χ3n) is 6.02. The van der Waals surface area contributed by atoms with E-state index in [0.29, 0.717) is 42.1 Å². The van der Waals surface area contributed by atoms with Crippen LogP contribution in [0.5, 0.6) is 0 Å². The minimum absolute atomic E-state index is 0.00423. The molecule has 10 heteroatoms. The molecule has 0 atom stereocenters. The summed E-state index contributed by atoms with van der Waals surface area (Å²) in [5.74, 6) is -0.369. The smallest absolute Gasteiger partial charge is 0.324 e. The molecule has 3 rings (SSSR count). The standard InChI is InChI=1S/C21H30N4O5S/c1-4-12-31(29,30)24-17-7-5-6-16(15(17)3)22-18(26)13-25-19(27)21(23-20(25)28)10-8-14(2)9-11-21/h5-7,14,24H,4,8-13H2,1-3H3,(H,22,26)(H,23,28). The monoisotopic (exact) mass is 450 g/mol. The van der Waals surface area contributed by atoms with E-state index in [0.717, 1.165) is 17.7 Å². The lowest BCUT2D eigenvalue weighted by atomic mass is 9.77. The first-order chi connectivity index (χ1) is 14.6. The van der Waals surface area contributed by atoms with E-state index in [4.69, 9.17) is 0 Å². The molecule has 9 nitrogen and oxygen atoms in total. The van der Waals surface area contributed by atoms with Gasteiger partial charge in [0, 0.05) is 5.69 Å². The van der Waals surface area contributed by atoms with Crippen molar-refractivity contribution in [3.8, 4) is 0 Å². The molecule has 1 saturated heterocycles. The number of hydrogen-bond acceptors (Lipinski definition) is 5. The van der Waals surface area contributed by atoms with Crippen LogP contribution >= 0.6 is 0 Å². The minimum atomic E-state index is -3.47. The van der Waals surface area contributed by atoms with Crippen molar-refractivity contribution in [2.24, 2.45) is 5.92 Å². The van der Waals surface area contributed by atoms with E-state index in [1.165, 1.54) is 0 Å². The summed E-state index contributed by atoms with van der Waals surface area (Å²) in [5, 5.41) is 5.48. The largest absolute Gasteiger partial charge is 0.325 e. The van der Waals surface area contributed by atoms with E-state index >= 15 is 0 Å². The number of urea groups is 1. The summed E-state index contributed by atoms with van der Waals surface area (Å²) in [6.07, 6.45) is 3.35. The first kappa shape index (κ1) is 23.1. The maximum absolute atomic E-state index is 12.9. The number of hydrogen-bond donors (Lipinski definition) is 3. The summed E-state index contributed by atoms with van der Waals surface area (Å²) in [7, 11) is -3.47. The Morgan fingerprint density at radius 2 is 1.87 bits per heavy atom. The zero-order valence-corrected chi connectivity index (χ0v) is 19.0. The molecule has 4 amide bonds. The summed E-state index contributed by atoms with van der Waals surface area (Å²) in [6.45, 7) is 5.19. The highest BCUT2D eigenvalue weighted by molar-refractivity contribution is 7.92. The highest BCUT2D eigenvalue weighted by Crippen LogP contribution is 2.36. The second-order valence-electron chi connectivity index (χ2n) is 8.53. The number of anilines is 2. The summed E-state index contributed by atoms with van der Waals surface area (Å²) in [4.78, 5) is 38.9. The van der Waals surface area contributed by atoms with Gasteiger partial charge in [-0.3, -0.25) is 19.2 Å². The van der Waals surface area contributed by atoms with Gasteiger partial charge in [0.1, 0.15) is 12.1 Å². The predicted octanol–water partition coefficient (Wildman–Crippen LogP) is 2.59. The molecule has 0 bridgehead atoms. The molecule has 1 aromatic rings. The van der Waals surface area contributed by atoms with Gasteiger partial charge in [-0.2, -0.15) is 0 Å². The number of carbonyl (C=O) groups is 3. The van der Waals surface area contributed by atoms with Crippen molar-refractivity contribution in [2.45, 2.75) is 58.4 Å². The van der Waals surface area contributed by atoms with Crippen LogP contribution in [0.3, 0.4) is 0 Å². The molecule has 1 aliphatic carbocycles. The zero-order chi connectivity index (χ0) is 22.8. The Hall–Kier alpha value is -2.62. The van der Waals surface area contributed by atoms with Crippen LogP contribution < -0.4 is 15.4 Å². The highest BCUT2D eigenvalue weighted by atomic mass is 32.2. The second-order valence-corrected chi connectivity index (χ2v) is 10.4. The number of nitrogens with zero attached hydrogens (tertiary/aromatic N) is 1. The molecular weight excluding hydrogens is 420 g/mol. The van der Waals surface area contributed by atoms with Crippen molar-refractivity contribution in [1.82, 2.24) is 10.2 Å². The SMILES string of the molecule is CCCS(=O)(=O)Nc1cccc(NC(=O)CN2C(=O)NC3(CCC(C)CC3)C2=O)c1C. The molecule has 0 aromatic heterocycles. The van der Waals surface area contributed by atoms with Crippen LogP contribution in [0.25, 0.3) is 0 Å². The van der Waals surface area contributed by atoms with Crippen LogP contribution in [0.4, 0.5) is 16.2 Å². The van der Waals surface area contributed by atoms with Crippen molar-refractivity contribution < 1.29 is 22.8 Å². The molecule has 1 aromatic carbocycles. The molecule has 170 valence electrons. The fraction of sp³-hybridized carbons (Fsp3) is 0.571. The summed E-state index contributed by atoms with van der Waals surface area (Å²) in [5.41, 5.74) is 0.439. The quantitative estimate of drug-likeness (QED) is 0.551. The van der Waals surface area contributed by atoms with Gasteiger partial charge in [0.25, 0.3) is 5.91 Å². The predicted molar refractivity (Wildman–Crippen MR) is 118 cm³/mol. The molecule has 0 radical (unpaired) electrons. The first-order valence-corrected chi connectivity index (χ1v) is 12.3. The normalized spacial score (nSPS) is 23.7. The number of rotatable bonds is 7. The minimum Gasteiger partial charge on any atom is -0.324 e. The summed E-state index contributed by atoms with van der Waals surface area (Å²) >= 11 is 0. The van der Waals surface area contributed by atoms with E-state index in [-0.39, 0.29) is 11.7 Å². The molecular formula is C21H30N4O5S. The van der Waals surface area contributed by atoms with Gasteiger partial charge in [-0.25, -0.2) is 13.2 Å². The molecule has 0 unspecified atom stereocenters. The second kappa shape index (κ2) is 8.86.